The Morgan fingerprint density at radius 1 is 1.03 bits per heavy atom. The van der Waals surface area contributed by atoms with E-state index in [1.807, 2.05) is 50.5 Å². The Morgan fingerprint density at radius 3 is 2.56 bits per heavy atom. The van der Waals surface area contributed by atoms with E-state index in [1.54, 1.807) is 7.11 Å². The van der Waals surface area contributed by atoms with Crippen LogP contribution in [0.5, 0.6) is 0 Å². The Labute approximate surface area is 189 Å². The molecule has 0 radical (unpaired) electrons. The number of methoxy groups -OCH3 is 1. The Morgan fingerprint density at radius 2 is 1.81 bits per heavy atom. The number of fused-ring (bicyclic) bond motifs is 1. The number of hydrogen-bond acceptors (Lipinski definition) is 3. The summed E-state index contributed by atoms with van der Waals surface area (Å²) in [5.74, 6) is -0.0637. The van der Waals surface area contributed by atoms with Crippen LogP contribution in [0.15, 0.2) is 79.0 Å². The van der Waals surface area contributed by atoms with Crippen molar-refractivity contribution in [2.45, 2.75) is 12.5 Å². The van der Waals surface area contributed by atoms with Gasteiger partial charge in [0.1, 0.15) is 0 Å². The van der Waals surface area contributed by atoms with E-state index >= 15 is 0 Å². The third kappa shape index (κ3) is 4.68. The topological polar surface area (TPSA) is 57.4 Å². The van der Waals surface area contributed by atoms with Gasteiger partial charge in [-0.15, -0.1) is 0 Å². The van der Waals surface area contributed by atoms with Crippen molar-refractivity contribution in [2.24, 2.45) is 0 Å². The number of ether oxygens (including phenoxy) is 1. The predicted octanol–water partition coefficient (Wildman–Crippen LogP) is 4.94. The molecule has 0 aliphatic heterocycles. The lowest BCUT2D eigenvalue weighted by Crippen LogP contribution is -2.29. The molecule has 0 saturated carbocycles. The lowest BCUT2D eigenvalue weighted by atomic mass is 9.90. The molecular weight excluding hydrogens is 398 g/mol. The number of rotatable bonds is 8. The van der Waals surface area contributed by atoms with Gasteiger partial charge in [-0.05, 0) is 47.0 Å². The van der Waals surface area contributed by atoms with Gasteiger partial charge in [0, 0.05) is 62.0 Å². The Hall–Kier alpha value is -3.57. The summed E-state index contributed by atoms with van der Waals surface area (Å²) < 4.78 is 5.20. The van der Waals surface area contributed by atoms with Gasteiger partial charge < -0.3 is 19.9 Å². The molecule has 5 nitrogen and oxygen atoms in total. The van der Waals surface area contributed by atoms with Crippen molar-refractivity contribution < 1.29 is 9.53 Å². The molecule has 0 fully saturated rings. The number of hydrogen-bond donors (Lipinski definition) is 2. The van der Waals surface area contributed by atoms with Crippen LogP contribution in [0.3, 0.4) is 0 Å². The van der Waals surface area contributed by atoms with E-state index in [0.29, 0.717) is 18.7 Å². The normalized spacial score (nSPS) is 12.0. The minimum absolute atomic E-state index is 0.0217. The van der Waals surface area contributed by atoms with Crippen molar-refractivity contribution in [3.63, 3.8) is 0 Å². The van der Waals surface area contributed by atoms with Gasteiger partial charge in [0.15, 0.2) is 0 Å². The first-order valence-corrected chi connectivity index (χ1v) is 10.8. The molecule has 1 aromatic heterocycles. The molecule has 2 N–H and O–H groups in total. The summed E-state index contributed by atoms with van der Waals surface area (Å²) in [6, 6.07) is 24.4. The number of para-hydroxylation sites is 1. The third-order valence-electron chi connectivity index (χ3n) is 5.78. The molecule has 1 atom stereocenters. The number of amides is 1. The third-order valence-corrected chi connectivity index (χ3v) is 5.78. The van der Waals surface area contributed by atoms with Crippen LogP contribution < -0.4 is 10.2 Å². The molecule has 1 heterocycles. The van der Waals surface area contributed by atoms with Crippen molar-refractivity contribution in [1.29, 1.82) is 0 Å². The van der Waals surface area contributed by atoms with Gasteiger partial charge in [-0.3, -0.25) is 4.79 Å². The minimum Gasteiger partial charge on any atom is -0.380 e. The van der Waals surface area contributed by atoms with E-state index in [0.717, 1.165) is 22.3 Å². The molecule has 4 aromatic rings. The van der Waals surface area contributed by atoms with E-state index in [-0.39, 0.29) is 11.8 Å². The van der Waals surface area contributed by atoms with Crippen LogP contribution in [0, 0.1) is 0 Å². The largest absolute Gasteiger partial charge is 0.380 e. The summed E-state index contributed by atoms with van der Waals surface area (Å²) in [5.41, 5.74) is 6.19. The molecule has 0 spiro atoms. The zero-order chi connectivity index (χ0) is 22.5. The highest BCUT2D eigenvalue weighted by Gasteiger charge is 2.20. The second-order valence-corrected chi connectivity index (χ2v) is 8.17. The molecule has 32 heavy (non-hydrogen) atoms. The standard InChI is InChI=1S/C27H29N3O2/c1-30(2)22-13-11-20(12-14-22)24(25-17-28-26-10-5-4-9-23(25)26)16-29-27(31)21-8-6-7-19(15-21)18-32-3/h4-15,17,24,28H,16,18H2,1-3H3,(H,29,31). The van der Waals surface area contributed by atoms with Crippen molar-refractivity contribution >= 4 is 22.5 Å². The average Bonchev–Trinajstić information content (AvgIpc) is 3.24. The first-order chi connectivity index (χ1) is 15.6. The van der Waals surface area contributed by atoms with Gasteiger partial charge in [-0.25, -0.2) is 0 Å². The van der Waals surface area contributed by atoms with Crippen molar-refractivity contribution in [1.82, 2.24) is 10.3 Å². The van der Waals surface area contributed by atoms with E-state index in [2.05, 4.69) is 57.8 Å². The summed E-state index contributed by atoms with van der Waals surface area (Å²) in [4.78, 5) is 18.4. The van der Waals surface area contributed by atoms with Crippen molar-refractivity contribution in [3.8, 4) is 0 Å². The minimum atomic E-state index is -0.0855. The summed E-state index contributed by atoms with van der Waals surface area (Å²) in [5, 5.41) is 4.32. The van der Waals surface area contributed by atoms with Gasteiger partial charge >= 0.3 is 0 Å². The highest BCUT2D eigenvalue weighted by Crippen LogP contribution is 2.31. The monoisotopic (exact) mass is 427 g/mol. The molecule has 1 amide bonds. The maximum Gasteiger partial charge on any atom is 0.251 e. The lowest BCUT2D eigenvalue weighted by molar-refractivity contribution is 0.0952. The number of aromatic nitrogens is 1. The number of nitrogens with zero attached hydrogens (tertiary/aromatic N) is 1. The fourth-order valence-corrected chi connectivity index (χ4v) is 4.06. The van der Waals surface area contributed by atoms with Gasteiger partial charge in [-0.2, -0.15) is 0 Å². The Kier molecular flexibility index (Phi) is 6.57. The first-order valence-electron chi connectivity index (χ1n) is 10.8. The van der Waals surface area contributed by atoms with Crippen LogP contribution in [-0.2, 0) is 11.3 Å². The summed E-state index contributed by atoms with van der Waals surface area (Å²) in [7, 11) is 5.72. The molecule has 164 valence electrons. The second-order valence-electron chi connectivity index (χ2n) is 8.17. The van der Waals surface area contributed by atoms with Gasteiger partial charge in [0.25, 0.3) is 5.91 Å². The fraction of sp³-hybridized carbons (Fsp3) is 0.222. The van der Waals surface area contributed by atoms with Crippen LogP contribution >= 0.6 is 0 Å². The second kappa shape index (κ2) is 9.71. The SMILES string of the molecule is COCc1cccc(C(=O)NCC(c2ccc(N(C)C)cc2)c2c[nH]c3ccccc23)c1. The fourth-order valence-electron chi connectivity index (χ4n) is 4.06. The van der Waals surface area contributed by atoms with E-state index in [9.17, 15) is 4.79 Å². The molecule has 0 aliphatic rings. The van der Waals surface area contributed by atoms with Gasteiger partial charge in [0.2, 0.25) is 0 Å². The number of benzene rings is 3. The Bertz CT molecular complexity index is 1190. The van der Waals surface area contributed by atoms with Gasteiger partial charge in [-0.1, -0.05) is 42.5 Å². The first kappa shape index (κ1) is 21.7. The van der Waals surface area contributed by atoms with Gasteiger partial charge in [0.05, 0.1) is 6.61 Å². The van der Waals surface area contributed by atoms with E-state index in [4.69, 9.17) is 4.74 Å². The molecule has 0 saturated heterocycles. The average molecular weight is 428 g/mol. The van der Waals surface area contributed by atoms with Crippen LogP contribution in [0.1, 0.15) is 33.0 Å². The molecule has 5 heteroatoms. The molecule has 0 bridgehead atoms. The number of carbonyl (C=O) groups excluding carboxylic acids is 1. The van der Waals surface area contributed by atoms with Crippen LogP contribution in [-0.4, -0.2) is 38.6 Å². The molecule has 3 aromatic carbocycles. The van der Waals surface area contributed by atoms with Crippen LogP contribution in [0.2, 0.25) is 0 Å². The number of anilines is 1. The molecule has 0 aliphatic carbocycles. The van der Waals surface area contributed by atoms with Crippen molar-refractivity contribution in [2.75, 3.05) is 32.6 Å². The highest BCUT2D eigenvalue weighted by atomic mass is 16.5. The quantitative estimate of drug-likeness (QED) is 0.419. The number of aromatic amines is 1. The van der Waals surface area contributed by atoms with E-state index < -0.39 is 0 Å². The zero-order valence-corrected chi connectivity index (χ0v) is 18.8. The summed E-state index contributed by atoms with van der Waals surface area (Å²) >= 11 is 0. The maximum atomic E-state index is 12.9. The highest BCUT2D eigenvalue weighted by molar-refractivity contribution is 5.94. The molecule has 1 unspecified atom stereocenters. The summed E-state index contributed by atoms with van der Waals surface area (Å²) in [6.45, 7) is 0.980. The number of H-pyrrole nitrogens is 1. The molecule has 4 rings (SSSR count). The predicted molar refractivity (Wildman–Crippen MR) is 130 cm³/mol. The van der Waals surface area contributed by atoms with Crippen molar-refractivity contribution in [3.05, 3.63) is 101 Å². The molecular formula is C27H29N3O2. The number of carbonyl (C=O) groups is 1. The van der Waals surface area contributed by atoms with E-state index in [1.165, 1.54) is 10.9 Å². The van der Waals surface area contributed by atoms with Crippen LogP contribution in [0.4, 0.5) is 5.69 Å². The summed E-state index contributed by atoms with van der Waals surface area (Å²) in [6.07, 6.45) is 2.06. The smallest absolute Gasteiger partial charge is 0.251 e. The number of nitrogens with one attached hydrogen (secondary N) is 2. The van der Waals surface area contributed by atoms with Crippen LogP contribution in [0.25, 0.3) is 10.9 Å². The lowest BCUT2D eigenvalue weighted by Gasteiger charge is -2.20. The zero-order valence-electron chi connectivity index (χ0n) is 18.8. The maximum absolute atomic E-state index is 12.9. The Balaban J connectivity index is 1.62.